The third-order valence-corrected chi connectivity index (χ3v) is 3.67. The van der Waals surface area contributed by atoms with Crippen LogP contribution in [0.3, 0.4) is 0 Å². The first-order valence-electron chi connectivity index (χ1n) is 7.09. The van der Waals surface area contributed by atoms with Crippen LogP contribution in [-0.2, 0) is 9.53 Å². The highest BCUT2D eigenvalue weighted by Gasteiger charge is 2.24. The fourth-order valence-corrected chi connectivity index (χ4v) is 2.65. The first kappa shape index (κ1) is 14.5. The van der Waals surface area contributed by atoms with Gasteiger partial charge in [0.2, 0.25) is 0 Å². The lowest BCUT2D eigenvalue weighted by Crippen LogP contribution is -2.39. The number of carbonyl (C=O) groups is 1. The predicted octanol–water partition coefficient (Wildman–Crippen LogP) is 2.84. The molecule has 1 saturated heterocycles. The second-order valence-corrected chi connectivity index (χ2v) is 5.06. The van der Waals surface area contributed by atoms with Crippen LogP contribution in [-0.4, -0.2) is 36.6 Å². The summed E-state index contributed by atoms with van der Waals surface area (Å²) in [6.45, 7) is 8.58. The van der Waals surface area contributed by atoms with Crippen molar-refractivity contribution in [3.63, 3.8) is 0 Å². The summed E-state index contributed by atoms with van der Waals surface area (Å²) in [4.78, 5) is 14.1. The Morgan fingerprint density at radius 3 is 2.76 bits per heavy atom. The van der Waals surface area contributed by atoms with E-state index in [1.54, 1.807) is 0 Å². The molecule has 0 bridgehead atoms. The lowest BCUT2D eigenvalue weighted by atomic mass is 10.1. The largest absolute Gasteiger partial charge is 0.466 e. The first-order chi connectivity index (χ1) is 8.19. The average Bonchev–Trinajstić information content (AvgIpc) is 2.54. The number of rotatable bonds is 5. The highest BCUT2D eigenvalue weighted by molar-refractivity contribution is 5.72. The summed E-state index contributed by atoms with van der Waals surface area (Å²) < 4.78 is 5.08. The van der Waals surface area contributed by atoms with Crippen LogP contribution in [0, 0.1) is 5.92 Å². The van der Waals surface area contributed by atoms with Gasteiger partial charge in [0.25, 0.3) is 0 Å². The Kier molecular flexibility index (Phi) is 6.56. The van der Waals surface area contributed by atoms with Crippen LogP contribution in [0.15, 0.2) is 0 Å². The third-order valence-electron chi connectivity index (χ3n) is 3.67. The van der Waals surface area contributed by atoms with Crippen molar-refractivity contribution in [1.82, 2.24) is 4.90 Å². The van der Waals surface area contributed by atoms with Gasteiger partial charge in [0.15, 0.2) is 0 Å². The first-order valence-corrected chi connectivity index (χ1v) is 7.09. The minimum Gasteiger partial charge on any atom is -0.466 e. The molecule has 2 atom stereocenters. The highest BCUT2D eigenvalue weighted by atomic mass is 16.5. The minimum absolute atomic E-state index is 0.00194. The summed E-state index contributed by atoms with van der Waals surface area (Å²) >= 11 is 0. The zero-order valence-corrected chi connectivity index (χ0v) is 11.6. The number of hydrogen-bond donors (Lipinski definition) is 0. The van der Waals surface area contributed by atoms with Gasteiger partial charge in [-0.05, 0) is 32.7 Å². The molecule has 0 aliphatic carbocycles. The van der Waals surface area contributed by atoms with Crippen molar-refractivity contribution >= 4 is 5.97 Å². The van der Waals surface area contributed by atoms with Crippen molar-refractivity contribution in [2.45, 2.75) is 58.9 Å². The quantitative estimate of drug-likeness (QED) is 0.693. The number of nitrogens with zero attached hydrogens (tertiary/aromatic N) is 1. The van der Waals surface area contributed by atoms with Crippen molar-refractivity contribution < 1.29 is 9.53 Å². The maximum atomic E-state index is 11.6. The molecule has 3 heteroatoms. The topological polar surface area (TPSA) is 29.5 Å². The molecule has 1 fully saturated rings. The molecule has 17 heavy (non-hydrogen) atoms. The number of hydrogen-bond acceptors (Lipinski definition) is 3. The summed E-state index contributed by atoms with van der Waals surface area (Å²) in [5, 5.41) is 0. The van der Waals surface area contributed by atoms with E-state index < -0.39 is 0 Å². The molecule has 0 radical (unpaired) electrons. The van der Waals surface area contributed by atoms with Crippen molar-refractivity contribution in [2.75, 3.05) is 19.7 Å². The Morgan fingerprint density at radius 2 is 2.12 bits per heavy atom. The summed E-state index contributed by atoms with van der Waals surface area (Å²) in [5.74, 6) is -0.0475. The number of ether oxygens (including phenoxy) is 1. The Labute approximate surface area is 106 Å². The van der Waals surface area contributed by atoms with Crippen molar-refractivity contribution in [3.05, 3.63) is 0 Å². The van der Waals surface area contributed by atoms with E-state index in [1.165, 1.54) is 32.1 Å². The van der Waals surface area contributed by atoms with E-state index in [-0.39, 0.29) is 11.9 Å². The molecule has 100 valence electrons. The SMILES string of the molecule is CCOC(=O)C(C)CN1CCCCCC1CC. The summed E-state index contributed by atoms with van der Waals surface area (Å²) in [7, 11) is 0. The zero-order valence-electron chi connectivity index (χ0n) is 11.6. The monoisotopic (exact) mass is 241 g/mol. The molecule has 1 aliphatic heterocycles. The van der Waals surface area contributed by atoms with Crippen LogP contribution in [0.25, 0.3) is 0 Å². The second kappa shape index (κ2) is 7.70. The van der Waals surface area contributed by atoms with Gasteiger partial charge in [-0.15, -0.1) is 0 Å². The summed E-state index contributed by atoms with van der Waals surface area (Å²) in [6.07, 6.45) is 6.41. The smallest absolute Gasteiger partial charge is 0.309 e. The van der Waals surface area contributed by atoms with Crippen LogP contribution in [0.1, 0.15) is 52.9 Å². The van der Waals surface area contributed by atoms with Crippen molar-refractivity contribution in [3.8, 4) is 0 Å². The van der Waals surface area contributed by atoms with Gasteiger partial charge in [0.1, 0.15) is 0 Å². The van der Waals surface area contributed by atoms with Gasteiger partial charge >= 0.3 is 5.97 Å². The molecule has 0 N–H and O–H groups in total. The van der Waals surface area contributed by atoms with E-state index >= 15 is 0 Å². The predicted molar refractivity (Wildman–Crippen MR) is 69.9 cm³/mol. The van der Waals surface area contributed by atoms with E-state index in [0.29, 0.717) is 12.6 Å². The Hall–Kier alpha value is -0.570. The summed E-state index contributed by atoms with van der Waals surface area (Å²) in [5.41, 5.74) is 0. The standard InChI is InChI=1S/C14H27NO2/c1-4-13-9-7-6-8-10-15(13)11-12(3)14(16)17-5-2/h12-13H,4-11H2,1-3H3. The lowest BCUT2D eigenvalue weighted by Gasteiger charge is -2.30. The fraction of sp³-hybridized carbons (Fsp3) is 0.929. The highest BCUT2D eigenvalue weighted by Crippen LogP contribution is 2.20. The molecule has 0 aromatic rings. The normalized spacial score (nSPS) is 24.1. The molecule has 0 saturated carbocycles. The molecule has 0 aromatic heterocycles. The van der Waals surface area contributed by atoms with Crippen LogP contribution < -0.4 is 0 Å². The van der Waals surface area contributed by atoms with E-state index in [1.807, 2.05) is 13.8 Å². The Bertz CT molecular complexity index is 230. The molecule has 1 heterocycles. The van der Waals surface area contributed by atoms with Gasteiger partial charge in [0, 0.05) is 12.6 Å². The molecule has 2 unspecified atom stereocenters. The second-order valence-electron chi connectivity index (χ2n) is 5.06. The van der Waals surface area contributed by atoms with E-state index in [4.69, 9.17) is 4.74 Å². The molecule has 0 spiro atoms. The average molecular weight is 241 g/mol. The van der Waals surface area contributed by atoms with Crippen molar-refractivity contribution in [1.29, 1.82) is 0 Å². The van der Waals surface area contributed by atoms with Gasteiger partial charge in [-0.3, -0.25) is 9.69 Å². The number of likely N-dealkylation sites (tertiary alicyclic amines) is 1. The van der Waals surface area contributed by atoms with Gasteiger partial charge in [-0.2, -0.15) is 0 Å². The number of carbonyl (C=O) groups excluding carboxylic acids is 1. The molecule has 0 aromatic carbocycles. The van der Waals surface area contributed by atoms with Crippen LogP contribution in [0.4, 0.5) is 0 Å². The van der Waals surface area contributed by atoms with Crippen molar-refractivity contribution in [2.24, 2.45) is 5.92 Å². The van der Waals surface area contributed by atoms with Gasteiger partial charge in [0.05, 0.1) is 12.5 Å². The molecular weight excluding hydrogens is 214 g/mol. The van der Waals surface area contributed by atoms with Crippen LogP contribution in [0.2, 0.25) is 0 Å². The molecule has 1 aliphatic rings. The third kappa shape index (κ3) is 4.66. The lowest BCUT2D eigenvalue weighted by molar-refractivity contribution is -0.148. The van der Waals surface area contributed by atoms with Gasteiger partial charge in [-0.25, -0.2) is 0 Å². The Balaban J connectivity index is 2.48. The van der Waals surface area contributed by atoms with E-state index in [0.717, 1.165) is 13.1 Å². The molecule has 3 nitrogen and oxygen atoms in total. The minimum atomic E-state index is -0.0494. The maximum absolute atomic E-state index is 11.6. The van der Waals surface area contributed by atoms with E-state index in [9.17, 15) is 4.79 Å². The molecular formula is C14H27NO2. The fourth-order valence-electron chi connectivity index (χ4n) is 2.65. The number of esters is 1. The van der Waals surface area contributed by atoms with Gasteiger partial charge < -0.3 is 4.74 Å². The molecule has 1 rings (SSSR count). The summed E-state index contributed by atoms with van der Waals surface area (Å²) in [6, 6.07) is 0.661. The Morgan fingerprint density at radius 1 is 1.35 bits per heavy atom. The van der Waals surface area contributed by atoms with Crippen LogP contribution in [0.5, 0.6) is 0 Å². The van der Waals surface area contributed by atoms with E-state index in [2.05, 4.69) is 11.8 Å². The maximum Gasteiger partial charge on any atom is 0.309 e. The molecule has 0 amide bonds. The zero-order chi connectivity index (χ0) is 12.7. The van der Waals surface area contributed by atoms with Crippen LogP contribution >= 0.6 is 0 Å². The van der Waals surface area contributed by atoms with Gasteiger partial charge in [-0.1, -0.05) is 26.7 Å².